The minimum absolute atomic E-state index is 0.169. The van der Waals surface area contributed by atoms with Crippen molar-refractivity contribution in [2.75, 3.05) is 6.54 Å². The first-order valence-corrected chi connectivity index (χ1v) is 8.12. The summed E-state index contributed by atoms with van der Waals surface area (Å²) in [7, 11) is 1.89. The lowest BCUT2D eigenvalue weighted by Gasteiger charge is -2.47. The molecule has 114 valence electrons. The maximum atomic E-state index is 12.6. The SMILES string of the molecule is CC1CCN(C(=O)/C=C/c2cnn(C)c2)C2CCCCC12. The third-order valence-corrected chi connectivity index (χ3v) is 5.16. The van der Waals surface area contributed by atoms with Crippen molar-refractivity contribution in [1.29, 1.82) is 0 Å². The standard InChI is InChI=1S/C17H25N3O/c1-13-9-10-20(16-6-4-3-5-15(13)16)17(21)8-7-14-11-18-19(2)12-14/h7-8,11-13,15-16H,3-6,9-10H2,1-2H3/b8-7+. The van der Waals surface area contributed by atoms with Crippen molar-refractivity contribution in [3.8, 4) is 0 Å². The van der Waals surface area contributed by atoms with Gasteiger partial charge in [0.2, 0.25) is 5.91 Å². The number of nitrogens with zero attached hydrogens (tertiary/aromatic N) is 3. The molecule has 1 aromatic rings. The third-order valence-electron chi connectivity index (χ3n) is 5.16. The zero-order valence-corrected chi connectivity index (χ0v) is 13.0. The van der Waals surface area contributed by atoms with E-state index in [1.54, 1.807) is 17.0 Å². The summed E-state index contributed by atoms with van der Waals surface area (Å²) >= 11 is 0. The van der Waals surface area contributed by atoms with Gasteiger partial charge in [0.05, 0.1) is 6.20 Å². The summed E-state index contributed by atoms with van der Waals surface area (Å²) in [4.78, 5) is 14.7. The number of hydrogen-bond acceptors (Lipinski definition) is 2. The van der Waals surface area contributed by atoms with E-state index in [9.17, 15) is 4.79 Å². The zero-order valence-electron chi connectivity index (χ0n) is 13.0. The molecule has 1 aliphatic heterocycles. The topological polar surface area (TPSA) is 38.1 Å². The Kier molecular flexibility index (Phi) is 4.13. The van der Waals surface area contributed by atoms with Crippen molar-refractivity contribution < 1.29 is 4.79 Å². The summed E-state index contributed by atoms with van der Waals surface area (Å²) in [6.45, 7) is 3.27. The van der Waals surface area contributed by atoms with E-state index in [-0.39, 0.29) is 5.91 Å². The average Bonchev–Trinajstić information content (AvgIpc) is 2.91. The number of aryl methyl sites for hydroxylation is 1. The molecule has 21 heavy (non-hydrogen) atoms. The second kappa shape index (κ2) is 6.04. The Hall–Kier alpha value is -1.58. The van der Waals surface area contributed by atoms with E-state index >= 15 is 0 Å². The molecule has 3 atom stereocenters. The summed E-state index contributed by atoms with van der Waals surface area (Å²) in [5.41, 5.74) is 0.983. The number of carbonyl (C=O) groups is 1. The molecule has 4 nitrogen and oxygen atoms in total. The Morgan fingerprint density at radius 3 is 2.90 bits per heavy atom. The second-order valence-corrected chi connectivity index (χ2v) is 6.59. The highest BCUT2D eigenvalue weighted by Gasteiger charge is 2.38. The van der Waals surface area contributed by atoms with Crippen LogP contribution in [0.1, 0.15) is 44.6 Å². The highest BCUT2D eigenvalue weighted by atomic mass is 16.2. The van der Waals surface area contributed by atoms with Gasteiger partial charge in [-0.1, -0.05) is 19.8 Å². The van der Waals surface area contributed by atoms with Crippen molar-refractivity contribution in [3.05, 3.63) is 24.0 Å². The molecule has 2 heterocycles. The Labute approximate surface area is 126 Å². The van der Waals surface area contributed by atoms with E-state index in [1.807, 2.05) is 19.3 Å². The lowest BCUT2D eigenvalue weighted by molar-refractivity contribution is -0.133. The second-order valence-electron chi connectivity index (χ2n) is 6.59. The van der Waals surface area contributed by atoms with E-state index in [2.05, 4.69) is 16.9 Å². The first kappa shape index (κ1) is 14.4. The highest BCUT2D eigenvalue weighted by Crippen LogP contribution is 2.38. The van der Waals surface area contributed by atoms with Gasteiger partial charge >= 0.3 is 0 Å². The molecule has 0 N–H and O–H groups in total. The molecule has 3 unspecified atom stereocenters. The molecule has 2 fully saturated rings. The summed E-state index contributed by atoms with van der Waals surface area (Å²) in [5.74, 6) is 1.65. The molecule has 0 bridgehead atoms. The van der Waals surface area contributed by atoms with Crippen LogP contribution in [0.15, 0.2) is 18.5 Å². The number of likely N-dealkylation sites (tertiary alicyclic amines) is 1. The van der Waals surface area contributed by atoms with Gasteiger partial charge in [-0.3, -0.25) is 9.48 Å². The molecule has 1 amide bonds. The van der Waals surface area contributed by atoms with Crippen LogP contribution in [-0.2, 0) is 11.8 Å². The number of fused-ring (bicyclic) bond motifs is 1. The fourth-order valence-electron chi connectivity index (χ4n) is 3.98. The van der Waals surface area contributed by atoms with Crippen molar-refractivity contribution in [1.82, 2.24) is 14.7 Å². The number of amides is 1. The summed E-state index contributed by atoms with van der Waals surface area (Å²) in [5, 5.41) is 4.12. The molecule has 1 saturated carbocycles. The summed E-state index contributed by atoms with van der Waals surface area (Å²) < 4.78 is 1.75. The van der Waals surface area contributed by atoms with Crippen LogP contribution in [0.2, 0.25) is 0 Å². The maximum Gasteiger partial charge on any atom is 0.246 e. The molecular formula is C17H25N3O. The van der Waals surface area contributed by atoms with Crippen molar-refractivity contribution >= 4 is 12.0 Å². The third kappa shape index (κ3) is 3.04. The summed E-state index contributed by atoms with van der Waals surface area (Å²) in [6, 6.07) is 0.466. The number of piperidine rings is 1. The Morgan fingerprint density at radius 1 is 1.33 bits per heavy atom. The average molecular weight is 287 g/mol. The molecule has 2 aliphatic rings. The van der Waals surface area contributed by atoms with Crippen LogP contribution in [0.25, 0.3) is 6.08 Å². The van der Waals surface area contributed by atoms with E-state index < -0.39 is 0 Å². The van der Waals surface area contributed by atoms with Gasteiger partial charge in [0.1, 0.15) is 0 Å². The Bertz CT molecular complexity index is 534. The van der Waals surface area contributed by atoms with E-state index in [4.69, 9.17) is 0 Å². The first-order chi connectivity index (χ1) is 10.1. The van der Waals surface area contributed by atoms with Crippen LogP contribution in [0.3, 0.4) is 0 Å². The van der Waals surface area contributed by atoms with Gasteiger partial charge in [-0.15, -0.1) is 0 Å². The number of hydrogen-bond donors (Lipinski definition) is 0. The number of carbonyl (C=O) groups excluding carboxylic acids is 1. The maximum absolute atomic E-state index is 12.6. The fraction of sp³-hybridized carbons (Fsp3) is 0.647. The van der Waals surface area contributed by atoms with E-state index in [0.29, 0.717) is 12.0 Å². The van der Waals surface area contributed by atoms with Crippen LogP contribution in [0.5, 0.6) is 0 Å². The van der Waals surface area contributed by atoms with Crippen LogP contribution in [-0.4, -0.2) is 33.2 Å². The first-order valence-electron chi connectivity index (χ1n) is 8.12. The number of rotatable bonds is 2. The monoisotopic (exact) mass is 287 g/mol. The van der Waals surface area contributed by atoms with Crippen LogP contribution >= 0.6 is 0 Å². The van der Waals surface area contributed by atoms with Gasteiger partial charge in [-0.25, -0.2) is 0 Å². The molecule has 0 radical (unpaired) electrons. The quantitative estimate of drug-likeness (QED) is 0.784. The minimum atomic E-state index is 0.169. The smallest absolute Gasteiger partial charge is 0.246 e. The molecule has 0 spiro atoms. The van der Waals surface area contributed by atoms with Gasteiger partial charge in [0, 0.05) is 37.5 Å². The Morgan fingerprint density at radius 2 is 2.14 bits per heavy atom. The van der Waals surface area contributed by atoms with Crippen molar-refractivity contribution in [2.45, 2.75) is 45.1 Å². The number of aromatic nitrogens is 2. The van der Waals surface area contributed by atoms with Crippen LogP contribution in [0.4, 0.5) is 0 Å². The highest BCUT2D eigenvalue weighted by molar-refractivity contribution is 5.92. The van der Waals surface area contributed by atoms with Crippen molar-refractivity contribution in [2.24, 2.45) is 18.9 Å². The lowest BCUT2D eigenvalue weighted by atomic mass is 9.72. The molecular weight excluding hydrogens is 262 g/mol. The molecule has 1 saturated heterocycles. The minimum Gasteiger partial charge on any atom is -0.336 e. The Balaban J connectivity index is 1.70. The molecule has 1 aromatic heterocycles. The molecule has 4 heteroatoms. The van der Waals surface area contributed by atoms with Gasteiger partial charge in [0.15, 0.2) is 0 Å². The molecule has 3 rings (SSSR count). The molecule has 0 aromatic carbocycles. The molecule has 1 aliphatic carbocycles. The van der Waals surface area contributed by atoms with Gasteiger partial charge < -0.3 is 4.90 Å². The zero-order chi connectivity index (χ0) is 14.8. The van der Waals surface area contributed by atoms with Crippen LogP contribution in [0, 0.1) is 11.8 Å². The predicted molar refractivity (Wildman–Crippen MR) is 83.5 cm³/mol. The van der Waals surface area contributed by atoms with Crippen LogP contribution < -0.4 is 0 Å². The lowest BCUT2D eigenvalue weighted by Crippen LogP contribution is -2.51. The normalized spacial score (nSPS) is 29.6. The van der Waals surface area contributed by atoms with Crippen molar-refractivity contribution in [3.63, 3.8) is 0 Å². The van der Waals surface area contributed by atoms with E-state index in [0.717, 1.165) is 24.4 Å². The predicted octanol–water partition coefficient (Wildman–Crippen LogP) is 2.86. The largest absolute Gasteiger partial charge is 0.336 e. The van der Waals surface area contributed by atoms with Gasteiger partial charge in [0.25, 0.3) is 0 Å². The van der Waals surface area contributed by atoms with Gasteiger partial charge in [-0.2, -0.15) is 5.10 Å². The van der Waals surface area contributed by atoms with E-state index in [1.165, 1.54) is 25.7 Å². The summed E-state index contributed by atoms with van der Waals surface area (Å²) in [6.07, 6.45) is 13.5. The fourth-order valence-corrected chi connectivity index (χ4v) is 3.98. The van der Waals surface area contributed by atoms with Gasteiger partial charge in [-0.05, 0) is 37.2 Å².